The summed E-state index contributed by atoms with van der Waals surface area (Å²) in [6.45, 7) is 5.13. The van der Waals surface area contributed by atoms with E-state index in [4.69, 9.17) is 4.84 Å². The van der Waals surface area contributed by atoms with Gasteiger partial charge >= 0.3 is 5.97 Å². The number of nitrogens with zero attached hydrogens (tertiary/aromatic N) is 2. The summed E-state index contributed by atoms with van der Waals surface area (Å²) in [7, 11) is 8.15. The van der Waals surface area contributed by atoms with Gasteiger partial charge in [0.1, 0.15) is 0 Å². The highest BCUT2D eigenvalue weighted by Crippen LogP contribution is 1.96. The number of rotatable bonds is 6. The van der Waals surface area contributed by atoms with Gasteiger partial charge < -0.3 is 21.7 Å². The molecule has 5 heteroatoms. The van der Waals surface area contributed by atoms with E-state index in [9.17, 15) is 4.79 Å². The average molecular weight is 237 g/mol. The van der Waals surface area contributed by atoms with E-state index < -0.39 is 5.97 Å². The second-order valence-electron chi connectivity index (χ2n) is 4.33. The maximum absolute atomic E-state index is 10.8. The van der Waals surface area contributed by atoms with Gasteiger partial charge in [0.25, 0.3) is 0 Å². The van der Waals surface area contributed by atoms with Crippen molar-refractivity contribution in [3.05, 3.63) is 12.7 Å². The molecule has 0 atom stereocenters. The lowest BCUT2D eigenvalue weighted by Crippen LogP contribution is -3.00. The molecule has 0 fully saturated rings. The Morgan fingerprint density at radius 3 is 2.40 bits per heavy atom. The van der Waals surface area contributed by atoms with Crippen LogP contribution >= 0.6 is 0 Å². The van der Waals surface area contributed by atoms with Gasteiger partial charge in [0.05, 0.1) is 27.7 Å². The Bertz CT molecular complexity index is 202. The lowest BCUT2D eigenvalue weighted by atomic mass is 10.4. The van der Waals surface area contributed by atoms with E-state index in [-0.39, 0.29) is 12.4 Å². The van der Waals surface area contributed by atoms with Gasteiger partial charge in [0.15, 0.2) is 0 Å². The van der Waals surface area contributed by atoms with E-state index in [0.29, 0.717) is 0 Å². The molecule has 0 amide bonds. The first kappa shape index (κ1) is 16.8. The lowest BCUT2D eigenvalue weighted by molar-refractivity contribution is -0.870. The number of carbonyl (C=O) groups excluding carboxylic acids is 1. The zero-order valence-electron chi connectivity index (χ0n) is 9.99. The Labute approximate surface area is 98.4 Å². The summed E-state index contributed by atoms with van der Waals surface area (Å²) in [4.78, 5) is 15.7. The van der Waals surface area contributed by atoms with E-state index in [0.717, 1.165) is 30.1 Å². The Morgan fingerprint density at radius 2 is 2.00 bits per heavy atom. The van der Waals surface area contributed by atoms with Gasteiger partial charge in [-0.05, 0) is 0 Å². The van der Waals surface area contributed by atoms with E-state index in [2.05, 4.69) is 27.7 Å². The van der Waals surface area contributed by atoms with Gasteiger partial charge in [-0.15, -0.1) is 5.06 Å². The van der Waals surface area contributed by atoms with Crippen LogP contribution in [0.15, 0.2) is 12.7 Å². The van der Waals surface area contributed by atoms with Crippen molar-refractivity contribution in [2.45, 2.75) is 6.42 Å². The van der Waals surface area contributed by atoms with Crippen molar-refractivity contribution in [2.24, 2.45) is 0 Å². The first-order valence-electron chi connectivity index (χ1n) is 4.71. The maximum atomic E-state index is 10.8. The fourth-order valence-electron chi connectivity index (χ4n) is 1.00. The van der Waals surface area contributed by atoms with E-state index in [1.165, 1.54) is 0 Å². The largest absolute Gasteiger partial charge is 1.00 e. The molecule has 0 radical (unpaired) electrons. The van der Waals surface area contributed by atoms with Crippen molar-refractivity contribution < 1.29 is 26.5 Å². The van der Waals surface area contributed by atoms with Crippen molar-refractivity contribution in [2.75, 3.05) is 41.3 Å². The average Bonchev–Trinajstić information content (AvgIpc) is 2.01. The van der Waals surface area contributed by atoms with Crippen molar-refractivity contribution in [3.8, 4) is 0 Å². The second-order valence-corrected chi connectivity index (χ2v) is 4.33. The van der Waals surface area contributed by atoms with Gasteiger partial charge in [0.2, 0.25) is 0 Å². The Morgan fingerprint density at radius 1 is 1.47 bits per heavy atom. The van der Waals surface area contributed by atoms with E-state index in [1.54, 1.807) is 12.1 Å². The van der Waals surface area contributed by atoms with Crippen molar-refractivity contribution >= 4 is 5.97 Å². The van der Waals surface area contributed by atoms with Crippen molar-refractivity contribution in [1.82, 2.24) is 5.06 Å². The molecular formula is C10H21ClN2O2. The molecule has 0 aliphatic carbocycles. The molecule has 0 spiro atoms. The van der Waals surface area contributed by atoms with Crippen molar-refractivity contribution in [3.63, 3.8) is 0 Å². The number of halogens is 1. The first-order valence-corrected chi connectivity index (χ1v) is 4.71. The molecule has 0 saturated heterocycles. The minimum Gasteiger partial charge on any atom is -1.00 e. The monoisotopic (exact) mass is 236 g/mol. The molecule has 15 heavy (non-hydrogen) atoms. The molecule has 0 aliphatic rings. The summed E-state index contributed by atoms with van der Waals surface area (Å²) in [5.74, 6) is -0.405. The smallest absolute Gasteiger partial charge is 0.349 e. The molecule has 0 aromatic rings. The topological polar surface area (TPSA) is 29.5 Å². The van der Waals surface area contributed by atoms with E-state index >= 15 is 0 Å². The molecule has 0 bridgehead atoms. The van der Waals surface area contributed by atoms with Crippen LogP contribution in [0.5, 0.6) is 0 Å². The van der Waals surface area contributed by atoms with Crippen LogP contribution in [-0.4, -0.2) is 56.8 Å². The standard InChI is InChI=1S/C10H21N2O2.ClH/c1-6-10(13)14-11(2)8-7-9-12(3,4)5;/h6H,1,7-9H2,2-5H3;1H/q+1;/p-1. The minimum atomic E-state index is -0.405. The predicted octanol–water partition coefficient (Wildman–Crippen LogP) is -2.34. The fourth-order valence-corrected chi connectivity index (χ4v) is 1.00. The molecule has 0 N–H and O–H groups in total. The third-order valence-electron chi connectivity index (χ3n) is 1.71. The Balaban J connectivity index is 0. The zero-order valence-corrected chi connectivity index (χ0v) is 10.8. The fraction of sp³-hybridized carbons (Fsp3) is 0.700. The summed E-state index contributed by atoms with van der Waals surface area (Å²) in [6.07, 6.45) is 2.15. The minimum absolute atomic E-state index is 0. The van der Waals surface area contributed by atoms with Gasteiger partial charge in [0, 0.05) is 26.1 Å². The Hall–Kier alpha value is -0.580. The molecule has 90 valence electrons. The highest BCUT2D eigenvalue weighted by atomic mass is 35.5. The van der Waals surface area contributed by atoms with Gasteiger partial charge in [-0.2, -0.15) is 0 Å². The number of carbonyl (C=O) groups is 1. The van der Waals surface area contributed by atoms with Crippen LogP contribution in [0.3, 0.4) is 0 Å². The number of quaternary nitrogens is 1. The summed E-state index contributed by atoms with van der Waals surface area (Å²) in [5.41, 5.74) is 0. The first-order chi connectivity index (χ1) is 6.35. The molecule has 0 aromatic heterocycles. The van der Waals surface area contributed by atoms with Crippen LogP contribution < -0.4 is 12.4 Å². The molecule has 0 saturated carbocycles. The third-order valence-corrected chi connectivity index (χ3v) is 1.71. The zero-order chi connectivity index (χ0) is 11.2. The third kappa shape index (κ3) is 11.3. The molecule has 0 heterocycles. The van der Waals surface area contributed by atoms with Crippen molar-refractivity contribution in [1.29, 1.82) is 0 Å². The van der Waals surface area contributed by atoms with Crippen LogP contribution in [0.1, 0.15) is 6.42 Å². The van der Waals surface area contributed by atoms with Gasteiger partial charge in [-0.3, -0.25) is 0 Å². The summed E-state index contributed by atoms with van der Waals surface area (Å²) in [6, 6.07) is 0. The summed E-state index contributed by atoms with van der Waals surface area (Å²) >= 11 is 0. The highest BCUT2D eigenvalue weighted by molar-refractivity contribution is 5.80. The van der Waals surface area contributed by atoms with Crippen LogP contribution in [0.2, 0.25) is 0 Å². The van der Waals surface area contributed by atoms with Crippen LogP contribution in [-0.2, 0) is 9.63 Å². The molecular weight excluding hydrogens is 216 g/mol. The molecule has 0 unspecified atom stereocenters. The second kappa shape index (κ2) is 7.68. The van der Waals surface area contributed by atoms with E-state index in [1.807, 2.05) is 0 Å². The molecule has 0 aromatic carbocycles. The number of hydrogen-bond acceptors (Lipinski definition) is 3. The van der Waals surface area contributed by atoms with Gasteiger partial charge in [-0.25, -0.2) is 4.79 Å². The van der Waals surface area contributed by atoms with Crippen LogP contribution in [0, 0.1) is 0 Å². The quantitative estimate of drug-likeness (QED) is 0.294. The highest BCUT2D eigenvalue weighted by Gasteiger charge is 2.08. The Kier molecular flexibility index (Phi) is 8.62. The number of hydroxylamine groups is 2. The normalized spacial score (nSPS) is 10.7. The SMILES string of the molecule is C=CC(=O)ON(C)CCC[N+](C)(C)C.[Cl-]. The van der Waals surface area contributed by atoms with Crippen LogP contribution in [0.4, 0.5) is 0 Å². The number of hydrogen-bond donors (Lipinski definition) is 0. The predicted molar refractivity (Wildman–Crippen MR) is 56.4 cm³/mol. The van der Waals surface area contributed by atoms with Gasteiger partial charge in [-0.1, -0.05) is 6.58 Å². The summed E-state index contributed by atoms with van der Waals surface area (Å²) in [5, 5.41) is 1.54. The molecule has 0 aliphatic heterocycles. The molecule has 4 nitrogen and oxygen atoms in total. The lowest BCUT2D eigenvalue weighted by Gasteiger charge is -2.24. The van der Waals surface area contributed by atoms with Crippen LogP contribution in [0.25, 0.3) is 0 Å². The maximum Gasteiger partial charge on any atom is 0.349 e. The molecule has 0 rings (SSSR count). The summed E-state index contributed by atoms with van der Waals surface area (Å²) < 4.78 is 0.920.